The summed E-state index contributed by atoms with van der Waals surface area (Å²) in [5.74, 6) is -3.59. The Morgan fingerprint density at radius 2 is 1.84 bits per heavy atom. The molecule has 130 valence electrons. The van der Waals surface area contributed by atoms with Crippen molar-refractivity contribution in [1.82, 2.24) is 5.32 Å². The van der Waals surface area contributed by atoms with E-state index in [0.717, 1.165) is 18.2 Å². The van der Waals surface area contributed by atoms with E-state index in [1.807, 2.05) is 0 Å². The van der Waals surface area contributed by atoms with Crippen LogP contribution in [0.2, 0.25) is 0 Å². The van der Waals surface area contributed by atoms with Gasteiger partial charge in [0.1, 0.15) is 11.9 Å². The fourth-order valence-corrected chi connectivity index (χ4v) is 2.16. The molecule has 2 amide bonds. The SMILES string of the molecule is NC(=O)[C@H](Cc1ccc(F)c([N+](=O)[O-])c1)NC(=O)c1ccccc1F. The molecule has 7 nitrogen and oxygen atoms in total. The number of carbonyl (C=O) groups is 2. The van der Waals surface area contributed by atoms with E-state index in [9.17, 15) is 28.5 Å². The summed E-state index contributed by atoms with van der Waals surface area (Å²) in [5, 5.41) is 13.0. The summed E-state index contributed by atoms with van der Waals surface area (Å²) in [6.45, 7) is 0. The van der Waals surface area contributed by atoms with Crippen molar-refractivity contribution in [2.75, 3.05) is 0 Å². The van der Waals surface area contributed by atoms with Crippen molar-refractivity contribution in [1.29, 1.82) is 0 Å². The normalized spacial score (nSPS) is 11.6. The molecule has 0 unspecified atom stereocenters. The standard InChI is InChI=1S/C16H13F2N3O4/c17-11-4-2-1-3-10(11)16(23)20-13(15(19)22)7-9-5-6-12(18)14(8-9)21(24)25/h1-6,8,13H,7H2,(H2,19,22)(H,20,23)/t13-/m0/s1. The van der Waals surface area contributed by atoms with Crippen molar-refractivity contribution in [3.05, 3.63) is 75.3 Å². The monoisotopic (exact) mass is 349 g/mol. The summed E-state index contributed by atoms with van der Waals surface area (Å²) in [6.07, 6.45) is -0.212. The molecule has 0 aliphatic carbocycles. The van der Waals surface area contributed by atoms with Crippen LogP contribution in [0.25, 0.3) is 0 Å². The summed E-state index contributed by atoms with van der Waals surface area (Å²) in [7, 11) is 0. The van der Waals surface area contributed by atoms with Gasteiger partial charge in [-0.1, -0.05) is 18.2 Å². The van der Waals surface area contributed by atoms with Crippen molar-refractivity contribution in [2.24, 2.45) is 5.73 Å². The molecule has 2 rings (SSSR count). The van der Waals surface area contributed by atoms with Crippen molar-refractivity contribution in [2.45, 2.75) is 12.5 Å². The second kappa shape index (κ2) is 7.47. The minimum absolute atomic E-state index is 0.212. The molecule has 0 fully saturated rings. The number of benzene rings is 2. The number of hydrogen-bond donors (Lipinski definition) is 2. The van der Waals surface area contributed by atoms with Crippen molar-refractivity contribution in [3.8, 4) is 0 Å². The Bertz CT molecular complexity index is 842. The van der Waals surface area contributed by atoms with E-state index >= 15 is 0 Å². The number of nitro groups is 1. The Morgan fingerprint density at radius 1 is 1.16 bits per heavy atom. The lowest BCUT2D eigenvalue weighted by molar-refractivity contribution is -0.387. The van der Waals surface area contributed by atoms with Crippen molar-refractivity contribution < 1.29 is 23.3 Å². The highest BCUT2D eigenvalue weighted by Crippen LogP contribution is 2.19. The van der Waals surface area contributed by atoms with Gasteiger partial charge >= 0.3 is 5.69 Å². The summed E-state index contributed by atoms with van der Waals surface area (Å²) in [6, 6.07) is 6.95. The zero-order valence-corrected chi connectivity index (χ0v) is 12.7. The number of nitrogens with zero attached hydrogens (tertiary/aromatic N) is 1. The molecule has 0 radical (unpaired) electrons. The molecular weight excluding hydrogens is 336 g/mol. The zero-order chi connectivity index (χ0) is 18.6. The third kappa shape index (κ3) is 4.34. The quantitative estimate of drug-likeness (QED) is 0.610. The number of hydrogen-bond acceptors (Lipinski definition) is 4. The van der Waals surface area contributed by atoms with Gasteiger partial charge in [0.05, 0.1) is 10.5 Å². The van der Waals surface area contributed by atoms with Crippen molar-refractivity contribution >= 4 is 17.5 Å². The minimum atomic E-state index is -1.25. The molecule has 2 aromatic carbocycles. The summed E-state index contributed by atoms with van der Waals surface area (Å²) in [5.41, 5.74) is 4.39. The van der Waals surface area contributed by atoms with E-state index in [1.165, 1.54) is 24.3 Å². The van der Waals surface area contributed by atoms with Gasteiger partial charge < -0.3 is 11.1 Å². The number of primary amides is 1. The Labute approximate surface area is 140 Å². The topological polar surface area (TPSA) is 115 Å². The van der Waals surface area contributed by atoms with Crippen LogP contribution in [0.15, 0.2) is 42.5 Å². The Morgan fingerprint density at radius 3 is 2.44 bits per heavy atom. The van der Waals surface area contributed by atoms with Crippen LogP contribution < -0.4 is 11.1 Å². The van der Waals surface area contributed by atoms with Gasteiger partial charge in [-0.05, 0) is 23.8 Å². The van der Waals surface area contributed by atoms with E-state index < -0.39 is 40.1 Å². The van der Waals surface area contributed by atoms with Crippen LogP contribution in [0.3, 0.4) is 0 Å². The molecular formula is C16H13F2N3O4. The highest BCUT2D eigenvalue weighted by Gasteiger charge is 2.23. The molecule has 0 spiro atoms. The maximum atomic E-state index is 13.6. The van der Waals surface area contributed by atoms with Gasteiger partial charge in [-0.3, -0.25) is 19.7 Å². The smallest absolute Gasteiger partial charge is 0.305 e. The average Bonchev–Trinajstić information content (AvgIpc) is 2.55. The second-order valence-electron chi connectivity index (χ2n) is 5.16. The Balaban J connectivity index is 2.21. The fourth-order valence-electron chi connectivity index (χ4n) is 2.16. The molecule has 0 bridgehead atoms. The molecule has 3 N–H and O–H groups in total. The van der Waals surface area contributed by atoms with E-state index in [4.69, 9.17) is 5.73 Å². The van der Waals surface area contributed by atoms with Crippen LogP contribution in [0, 0.1) is 21.7 Å². The number of rotatable bonds is 6. The predicted octanol–water partition coefficient (Wildman–Crippen LogP) is 1.70. The first-order valence-electron chi connectivity index (χ1n) is 7.07. The maximum absolute atomic E-state index is 13.6. The summed E-state index contributed by atoms with van der Waals surface area (Å²) >= 11 is 0. The molecule has 1 atom stereocenters. The first-order chi connectivity index (χ1) is 11.8. The minimum Gasteiger partial charge on any atom is -0.368 e. The van der Waals surface area contributed by atoms with Gasteiger partial charge in [0, 0.05) is 12.5 Å². The molecule has 2 aromatic rings. The average molecular weight is 349 g/mol. The maximum Gasteiger partial charge on any atom is 0.305 e. The molecule has 0 aliphatic heterocycles. The van der Waals surface area contributed by atoms with Crippen molar-refractivity contribution in [3.63, 3.8) is 0 Å². The van der Waals surface area contributed by atoms with Gasteiger partial charge in [0.15, 0.2) is 0 Å². The largest absolute Gasteiger partial charge is 0.368 e. The first-order valence-corrected chi connectivity index (χ1v) is 7.07. The Hall–Kier alpha value is -3.36. The van der Waals surface area contributed by atoms with Crippen LogP contribution in [0.4, 0.5) is 14.5 Å². The summed E-state index contributed by atoms with van der Waals surface area (Å²) in [4.78, 5) is 33.5. The first kappa shape index (κ1) is 18.0. The third-order valence-corrected chi connectivity index (χ3v) is 3.41. The van der Waals surface area contributed by atoms with E-state index in [0.29, 0.717) is 0 Å². The van der Waals surface area contributed by atoms with Crippen LogP contribution in [0.5, 0.6) is 0 Å². The highest BCUT2D eigenvalue weighted by molar-refractivity contribution is 5.97. The number of nitrogens with two attached hydrogens (primary N) is 1. The number of nitro benzene ring substituents is 1. The number of nitrogens with one attached hydrogen (secondary N) is 1. The van der Waals surface area contributed by atoms with Gasteiger partial charge in [0.2, 0.25) is 11.7 Å². The van der Waals surface area contributed by atoms with Gasteiger partial charge in [-0.2, -0.15) is 4.39 Å². The zero-order valence-electron chi connectivity index (χ0n) is 12.7. The lowest BCUT2D eigenvalue weighted by Crippen LogP contribution is -2.46. The number of amides is 2. The van der Waals surface area contributed by atoms with Crippen LogP contribution in [-0.4, -0.2) is 22.8 Å². The van der Waals surface area contributed by atoms with Gasteiger partial charge in [-0.15, -0.1) is 0 Å². The van der Waals surface area contributed by atoms with Crippen LogP contribution in [-0.2, 0) is 11.2 Å². The Kier molecular flexibility index (Phi) is 5.38. The molecule has 9 heteroatoms. The van der Waals surface area contributed by atoms with Crippen LogP contribution in [0.1, 0.15) is 15.9 Å². The second-order valence-corrected chi connectivity index (χ2v) is 5.16. The molecule has 0 saturated heterocycles. The lowest BCUT2D eigenvalue weighted by atomic mass is 10.0. The van der Waals surface area contributed by atoms with E-state index in [1.54, 1.807) is 0 Å². The molecule has 0 saturated carbocycles. The molecule has 0 aromatic heterocycles. The third-order valence-electron chi connectivity index (χ3n) is 3.41. The fraction of sp³-hybridized carbons (Fsp3) is 0.125. The lowest BCUT2D eigenvalue weighted by Gasteiger charge is -2.16. The number of halogens is 2. The van der Waals surface area contributed by atoms with Gasteiger partial charge in [0.25, 0.3) is 5.91 Å². The summed E-state index contributed by atoms with van der Waals surface area (Å²) < 4.78 is 27.0. The van der Waals surface area contributed by atoms with E-state index in [-0.39, 0.29) is 17.5 Å². The molecule has 0 heterocycles. The molecule has 0 aliphatic rings. The predicted molar refractivity (Wildman–Crippen MR) is 83.6 cm³/mol. The van der Waals surface area contributed by atoms with Crippen LogP contribution >= 0.6 is 0 Å². The number of carbonyl (C=O) groups excluding carboxylic acids is 2. The van der Waals surface area contributed by atoms with E-state index in [2.05, 4.69) is 5.32 Å². The highest BCUT2D eigenvalue weighted by atomic mass is 19.1. The molecule has 25 heavy (non-hydrogen) atoms. The van der Waals surface area contributed by atoms with Gasteiger partial charge in [-0.25, -0.2) is 4.39 Å².